The first kappa shape index (κ1) is 13.7. The molecule has 1 aromatic carbocycles. The van der Waals surface area contributed by atoms with Gasteiger partial charge in [-0.1, -0.05) is 12.1 Å². The molecule has 0 spiro atoms. The van der Waals surface area contributed by atoms with Gasteiger partial charge in [0.2, 0.25) is 0 Å². The van der Waals surface area contributed by atoms with Gasteiger partial charge in [0.05, 0.1) is 0 Å². The Kier molecular flexibility index (Phi) is 4.66. The van der Waals surface area contributed by atoms with Crippen LogP contribution in [0.2, 0.25) is 0 Å². The molecule has 0 saturated heterocycles. The summed E-state index contributed by atoms with van der Waals surface area (Å²) in [6.07, 6.45) is 0. The second kappa shape index (κ2) is 5.80. The molecule has 0 radical (unpaired) electrons. The lowest BCUT2D eigenvalue weighted by molar-refractivity contribution is -0.138. The van der Waals surface area contributed by atoms with Gasteiger partial charge in [-0.15, -0.1) is 0 Å². The minimum atomic E-state index is -0.977. The average molecular weight is 236 g/mol. The first-order valence-electron chi connectivity index (χ1n) is 5.68. The smallest absolute Gasteiger partial charge is 0.321 e. The van der Waals surface area contributed by atoms with Gasteiger partial charge in [0.1, 0.15) is 6.04 Å². The number of aliphatic carboxylic acids is 1. The molecule has 0 aliphatic carbocycles. The molecule has 0 heterocycles. The van der Waals surface area contributed by atoms with E-state index in [-0.39, 0.29) is 6.54 Å². The van der Waals surface area contributed by atoms with E-state index in [0.717, 1.165) is 0 Å². The van der Waals surface area contributed by atoms with Crippen LogP contribution >= 0.6 is 0 Å². The van der Waals surface area contributed by atoms with Gasteiger partial charge < -0.3 is 16.2 Å². The summed E-state index contributed by atoms with van der Waals surface area (Å²) >= 11 is 0. The number of hydrogen-bond acceptors (Lipinski definition) is 3. The molecule has 0 amide bonds. The van der Waals surface area contributed by atoms with Crippen molar-refractivity contribution in [2.45, 2.75) is 33.4 Å². The van der Waals surface area contributed by atoms with E-state index in [1.165, 1.54) is 22.3 Å². The molecule has 0 aliphatic heterocycles. The molecular formula is C13H20N2O2. The van der Waals surface area contributed by atoms with Gasteiger partial charge in [-0.25, -0.2) is 0 Å². The molecular weight excluding hydrogens is 216 g/mol. The maximum absolute atomic E-state index is 10.5. The van der Waals surface area contributed by atoms with Gasteiger partial charge in [-0.2, -0.15) is 0 Å². The molecule has 1 atom stereocenters. The highest BCUT2D eigenvalue weighted by atomic mass is 16.4. The van der Waals surface area contributed by atoms with Gasteiger partial charge in [-0.05, 0) is 43.0 Å². The van der Waals surface area contributed by atoms with E-state index < -0.39 is 12.0 Å². The lowest BCUT2D eigenvalue weighted by Crippen LogP contribution is -2.40. The highest BCUT2D eigenvalue weighted by Gasteiger charge is 2.10. The van der Waals surface area contributed by atoms with E-state index in [1.54, 1.807) is 0 Å². The molecule has 0 aromatic heterocycles. The third kappa shape index (κ3) is 3.54. The highest BCUT2D eigenvalue weighted by molar-refractivity contribution is 5.73. The lowest BCUT2D eigenvalue weighted by Gasteiger charge is -2.13. The summed E-state index contributed by atoms with van der Waals surface area (Å²) in [4.78, 5) is 10.5. The van der Waals surface area contributed by atoms with Crippen molar-refractivity contribution in [2.75, 3.05) is 6.54 Å². The van der Waals surface area contributed by atoms with Crippen molar-refractivity contribution in [1.29, 1.82) is 0 Å². The molecule has 0 aliphatic rings. The van der Waals surface area contributed by atoms with Gasteiger partial charge in [0.15, 0.2) is 0 Å². The number of carboxylic acids is 1. The molecule has 1 aromatic rings. The molecule has 0 fully saturated rings. The molecule has 94 valence electrons. The summed E-state index contributed by atoms with van der Waals surface area (Å²) in [5, 5.41) is 11.7. The minimum Gasteiger partial charge on any atom is -0.480 e. The normalized spacial score (nSPS) is 12.5. The molecule has 4 heteroatoms. The van der Waals surface area contributed by atoms with Crippen LogP contribution in [0.15, 0.2) is 12.1 Å². The Labute approximate surface area is 102 Å². The number of nitrogens with two attached hydrogens (primary N) is 1. The third-order valence-corrected chi connectivity index (χ3v) is 3.17. The van der Waals surface area contributed by atoms with Crippen LogP contribution in [-0.2, 0) is 11.3 Å². The Morgan fingerprint density at radius 3 is 2.59 bits per heavy atom. The van der Waals surface area contributed by atoms with Crippen LogP contribution in [0.25, 0.3) is 0 Å². The summed E-state index contributed by atoms with van der Waals surface area (Å²) in [6, 6.07) is 3.30. The second-order valence-electron chi connectivity index (χ2n) is 4.37. The zero-order chi connectivity index (χ0) is 13.0. The maximum Gasteiger partial charge on any atom is 0.321 e. The molecule has 1 rings (SSSR count). The monoisotopic (exact) mass is 236 g/mol. The van der Waals surface area contributed by atoms with Gasteiger partial charge >= 0.3 is 5.97 Å². The Balaban J connectivity index is 2.59. The van der Waals surface area contributed by atoms with E-state index in [2.05, 4.69) is 38.2 Å². The van der Waals surface area contributed by atoms with Crippen LogP contribution in [0, 0.1) is 20.8 Å². The topological polar surface area (TPSA) is 75.3 Å². The van der Waals surface area contributed by atoms with Crippen molar-refractivity contribution in [3.63, 3.8) is 0 Å². The van der Waals surface area contributed by atoms with Crippen LogP contribution in [0.1, 0.15) is 22.3 Å². The summed E-state index contributed by atoms with van der Waals surface area (Å²) in [7, 11) is 0. The van der Waals surface area contributed by atoms with Crippen LogP contribution in [0.4, 0.5) is 0 Å². The average Bonchev–Trinajstić information content (AvgIpc) is 2.28. The first-order valence-corrected chi connectivity index (χ1v) is 5.68. The Hall–Kier alpha value is -1.39. The van der Waals surface area contributed by atoms with Crippen molar-refractivity contribution >= 4 is 5.97 Å². The van der Waals surface area contributed by atoms with Crippen molar-refractivity contribution in [2.24, 2.45) is 5.73 Å². The van der Waals surface area contributed by atoms with E-state index in [9.17, 15) is 4.79 Å². The van der Waals surface area contributed by atoms with Gasteiger partial charge in [-0.3, -0.25) is 4.79 Å². The fourth-order valence-electron chi connectivity index (χ4n) is 1.65. The van der Waals surface area contributed by atoms with Gasteiger partial charge in [0.25, 0.3) is 0 Å². The van der Waals surface area contributed by atoms with Gasteiger partial charge in [0, 0.05) is 13.1 Å². The summed E-state index contributed by atoms with van der Waals surface area (Å²) < 4.78 is 0. The Bertz CT molecular complexity index is 416. The predicted molar refractivity (Wildman–Crippen MR) is 68.0 cm³/mol. The fourth-order valence-corrected chi connectivity index (χ4v) is 1.65. The number of carbonyl (C=O) groups is 1. The van der Waals surface area contributed by atoms with E-state index in [4.69, 9.17) is 10.8 Å². The predicted octanol–water partition coefficient (Wildman–Crippen LogP) is 1.11. The zero-order valence-electron chi connectivity index (χ0n) is 10.6. The molecule has 4 N–H and O–H groups in total. The Morgan fingerprint density at radius 2 is 2.00 bits per heavy atom. The minimum absolute atomic E-state index is 0.279. The largest absolute Gasteiger partial charge is 0.480 e. The SMILES string of the molecule is Cc1ccc(CNCC(N)C(=O)O)c(C)c1C. The van der Waals surface area contributed by atoms with Crippen molar-refractivity contribution < 1.29 is 9.90 Å². The van der Waals surface area contributed by atoms with Crippen LogP contribution in [0.3, 0.4) is 0 Å². The number of benzene rings is 1. The van der Waals surface area contributed by atoms with Crippen LogP contribution < -0.4 is 11.1 Å². The van der Waals surface area contributed by atoms with Crippen molar-refractivity contribution in [1.82, 2.24) is 5.32 Å². The fraction of sp³-hybridized carbons (Fsp3) is 0.462. The molecule has 17 heavy (non-hydrogen) atoms. The summed E-state index contributed by atoms with van der Waals surface area (Å²) in [5.41, 5.74) is 10.4. The van der Waals surface area contributed by atoms with Crippen molar-refractivity contribution in [3.8, 4) is 0 Å². The maximum atomic E-state index is 10.5. The lowest BCUT2D eigenvalue weighted by atomic mass is 9.99. The van der Waals surface area contributed by atoms with Crippen LogP contribution in [-0.4, -0.2) is 23.7 Å². The number of nitrogens with one attached hydrogen (secondary N) is 1. The standard InChI is InChI=1S/C13H20N2O2/c1-8-4-5-11(10(3)9(8)2)6-15-7-12(14)13(16)17/h4-5,12,15H,6-7,14H2,1-3H3,(H,16,17). The number of aryl methyl sites for hydroxylation is 1. The summed E-state index contributed by atoms with van der Waals surface area (Å²) in [6.45, 7) is 7.18. The zero-order valence-corrected chi connectivity index (χ0v) is 10.6. The number of rotatable bonds is 5. The molecule has 0 bridgehead atoms. The van der Waals surface area contributed by atoms with E-state index in [1.807, 2.05) is 0 Å². The third-order valence-electron chi connectivity index (χ3n) is 3.17. The number of hydrogen-bond donors (Lipinski definition) is 3. The molecule has 4 nitrogen and oxygen atoms in total. The molecule has 1 unspecified atom stereocenters. The number of carboxylic acid groups (broad SMARTS) is 1. The van der Waals surface area contributed by atoms with Crippen LogP contribution in [0.5, 0.6) is 0 Å². The summed E-state index contributed by atoms with van der Waals surface area (Å²) in [5.74, 6) is -0.977. The first-order chi connectivity index (χ1) is 7.93. The molecule has 0 saturated carbocycles. The Morgan fingerprint density at radius 1 is 1.35 bits per heavy atom. The van der Waals surface area contributed by atoms with Crippen molar-refractivity contribution in [3.05, 3.63) is 34.4 Å². The quantitative estimate of drug-likeness (QED) is 0.716. The van der Waals surface area contributed by atoms with E-state index in [0.29, 0.717) is 6.54 Å². The van der Waals surface area contributed by atoms with E-state index >= 15 is 0 Å². The highest BCUT2D eigenvalue weighted by Crippen LogP contribution is 2.16. The second-order valence-corrected chi connectivity index (χ2v) is 4.37.